The van der Waals surface area contributed by atoms with Crippen LogP contribution in [0.15, 0.2) is 5.38 Å². The molecule has 1 saturated heterocycles. The van der Waals surface area contributed by atoms with E-state index in [0.717, 1.165) is 11.7 Å². The molecule has 18 heavy (non-hydrogen) atoms. The van der Waals surface area contributed by atoms with Crippen molar-refractivity contribution in [3.63, 3.8) is 0 Å². The fourth-order valence-electron chi connectivity index (χ4n) is 1.74. The topological polar surface area (TPSA) is 74.3 Å². The van der Waals surface area contributed by atoms with Gasteiger partial charge in [0, 0.05) is 38.0 Å². The average molecular weight is 268 g/mol. The largest absolute Gasteiger partial charge is 0.362 e. The predicted octanol–water partition coefficient (Wildman–Crippen LogP) is 0.537. The lowest BCUT2D eigenvalue weighted by molar-refractivity contribution is -0.120. The molecule has 2 amide bonds. The van der Waals surface area contributed by atoms with Crippen LogP contribution in [0.5, 0.6) is 0 Å². The van der Waals surface area contributed by atoms with Crippen LogP contribution < -0.4 is 10.6 Å². The van der Waals surface area contributed by atoms with E-state index in [4.69, 9.17) is 0 Å². The first-order valence-electron chi connectivity index (χ1n) is 5.96. The average Bonchev–Trinajstić information content (AvgIpc) is 2.71. The van der Waals surface area contributed by atoms with E-state index in [1.54, 1.807) is 10.3 Å². The molecule has 7 heteroatoms. The molecular formula is C11H16N4O2S. The summed E-state index contributed by atoms with van der Waals surface area (Å²) in [5.74, 6) is -0.108. The molecule has 0 aromatic carbocycles. The van der Waals surface area contributed by atoms with Crippen molar-refractivity contribution in [2.45, 2.75) is 13.3 Å². The SMILES string of the molecule is CCNc1nc(C(=O)N2CCNC(=O)CC2)cs1. The first-order chi connectivity index (χ1) is 8.70. The number of anilines is 1. The molecule has 2 heterocycles. The van der Waals surface area contributed by atoms with Crippen molar-refractivity contribution in [2.75, 3.05) is 31.5 Å². The minimum Gasteiger partial charge on any atom is -0.362 e. The molecule has 0 aliphatic carbocycles. The highest BCUT2D eigenvalue weighted by Gasteiger charge is 2.21. The summed E-state index contributed by atoms with van der Waals surface area (Å²) in [4.78, 5) is 29.3. The fraction of sp³-hybridized carbons (Fsp3) is 0.545. The van der Waals surface area contributed by atoms with Crippen LogP contribution in [0.2, 0.25) is 0 Å². The van der Waals surface area contributed by atoms with Crippen LogP contribution in [0.3, 0.4) is 0 Å². The highest BCUT2D eigenvalue weighted by Crippen LogP contribution is 2.16. The molecule has 0 bridgehead atoms. The van der Waals surface area contributed by atoms with Crippen molar-refractivity contribution in [2.24, 2.45) is 0 Å². The van der Waals surface area contributed by atoms with Crippen molar-refractivity contribution in [1.29, 1.82) is 0 Å². The van der Waals surface area contributed by atoms with Crippen LogP contribution in [-0.2, 0) is 4.79 Å². The van der Waals surface area contributed by atoms with E-state index in [-0.39, 0.29) is 11.8 Å². The second kappa shape index (κ2) is 5.81. The Labute approximate surface area is 109 Å². The molecule has 2 rings (SSSR count). The molecule has 1 aliphatic rings. The zero-order chi connectivity index (χ0) is 13.0. The molecule has 1 aliphatic heterocycles. The third kappa shape index (κ3) is 2.98. The van der Waals surface area contributed by atoms with E-state index in [0.29, 0.717) is 31.7 Å². The van der Waals surface area contributed by atoms with Gasteiger partial charge in [-0.3, -0.25) is 9.59 Å². The lowest BCUT2D eigenvalue weighted by Crippen LogP contribution is -2.34. The van der Waals surface area contributed by atoms with Gasteiger partial charge in [-0.1, -0.05) is 0 Å². The van der Waals surface area contributed by atoms with Gasteiger partial charge >= 0.3 is 0 Å². The Balaban J connectivity index is 2.02. The summed E-state index contributed by atoms with van der Waals surface area (Å²) < 4.78 is 0. The smallest absolute Gasteiger partial charge is 0.273 e. The molecule has 6 nitrogen and oxygen atoms in total. The van der Waals surface area contributed by atoms with Crippen LogP contribution in [0.25, 0.3) is 0 Å². The molecule has 1 fully saturated rings. The van der Waals surface area contributed by atoms with E-state index < -0.39 is 0 Å². The minimum atomic E-state index is -0.105. The van der Waals surface area contributed by atoms with E-state index >= 15 is 0 Å². The van der Waals surface area contributed by atoms with Crippen LogP contribution in [0.1, 0.15) is 23.8 Å². The molecule has 1 aromatic rings. The van der Waals surface area contributed by atoms with Crippen molar-refractivity contribution in [1.82, 2.24) is 15.2 Å². The van der Waals surface area contributed by atoms with Gasteiger partial charge in [0.15, 0.2) is 5.13 Å². The van der Waals surface area contributed by atoms with Crippen LogP contribution >= 0.6 is 11.3 Å². The number of nitrogens with zero attached hydrogens (tertiary/aromatic N) is 2. The second-order valence-corrected chi connectivity index (χ2v) is 4.82. The normalized spacial score (nSPS) is 16.1. The Kier molecular flexibility index (Phi) is 4.14. The zero-order valence-corrected chi connectivity index (χ0v) is 11.0. The third-order valence-corrected chi connectivity index (χ3v) is 3.45. The minimum absolute atomic E-state index is 0.00286. The van der Waals surface area contributed by atoms with Gasteiger partial charge in [0.1, 0.15) is 5.69 Å². The summed E-state index contributed by atoms with van der Waals surface area (Å²) in [7, 11) is 0. The van der Waals surface area contributed by atoms with Crippen LogP contribution in [-0.4, -0.2) is 47.9 Å². The van der Waals surface area contributed by atoms with Gasteiger partial charge in [-0.15, -0.1) is 11.3 Å². The summed E-state index contributed by atoms with van der Waals surface area (Å²) >= 11 is 1.42. The number of rotatable bonds is 3. The first-order valence-corrected chi connectivity index (χ1v) is 6.84. The number of aromatic nitrogens is 1. The first kappa shape index (κ1) is 12.8. The molecule has 98 valence electrons. The summed E-state index contributed by atoms with van der Waals surface area (Å²) in [5, 5.41) is 8.32. The van der Waals surface area contributed by atoms with Crippen molar-refractivity contribution >= 4 is 28.3 Å². The van der Waals surface area contributed by atoms with Crippen LogP contribution in [0.4, 0.5) is 5.13 Å². The number of thiazole rings is 1. The fourth-order valence-corrected chi connectivity index (χ4v) is 2.49. The maximum Gasteiger partial charge on any atom is 0.273 e. The summed E-state index contributed by atoms with van der Waals surface area (Å²) in [6.45, 7) is 4.27. The summed E-state index contributed by atoms with van der Waals surface area (Å²) in [6, 6.07) is 0. The van der Waals surface area contributed by atoms with Crippen molar-refractivity contribution in [3.8, 4) is 0 Å². The Morgan fingerprint density at radius 2 is 2.44 bits per heavy atom. The Hall–Kier alpha value is -1.63. The van der Waals surface area contributed by atoms with Gasteiger partial charge < -0.3 is 15.5 Å². The standard InChI is InChI=1S/C11H16N4O2S/c1-2-12-11-14-8(7-18-11)10(17)15-5-3-9(16)13-4-6-15/h7H,2-6H2,1H3,(H,12,14)(H,13,16). The number of hydrogen-bond acceptors (Lipinski definition) is 5. The highest BCUT2D eigenvalue weighted by molar-refractivity contribution is 7.13. The Morgan fingerprint density at radius 3 is 3.22 bits per heavy atom. The molecule has 2 N–H and O–H groups in total. The lowest BCUT2D eigenvalue weighted by Gasteiger charge is -2.17. The van der Waals surface area contributed by atoms with Crippen LogP contribution in [0, 0.1) is 0 Å². The number of carbonyl (C=O) groups excluding carboxylic acids is 2. The predicted molar refractivity (Wildman–Crippen MR) is 69.8 cm³/mol. The molecule has 0 saturated carbocycles. The molecular weight excluding hydrogens is 252 g/mol. The van der Waals surface area contributed by atoms with E-state index in [2.05, 4.69) is 15.6 Å². The third-order valence-electron chi connectivity index (χ3n) is 2.65. The Bertz CT molecular complexity index is 446. The highest BCUT2D eigenvalue weighted by atomic mass is 32.1. The quantitative estimate of drug-likeness (QED) is 0.839. The maximum absolute atomic E-state index is 12.2. The molecule has 0 unspecified atom stereocenters. The van der Waals surface area contributed by atoms with Gasteiger partial charge in [-0.2, -0.15) is 0 Å². The van der Waals surface area contributed by atoms with Gasteiger partial charge in [-0.05, 0) is 6.92 Å². The number of nitrogens with one attached hydrogen (secondary N) is 2. The second-order valence-electron chi connectivity index (χ2n) is 3.96. The van der Waals surface area contributed by atoms with Crippen molar-refractivity contribution in [3.05, 3.63) is 11.1 Å². The molecule has 1 aromatic heterocycles. The zero-order valence-electron chi connectivity index (χ0n) is 10.2. The Morgan fingerprint density at radius 1 is 1.61 bits per heavy atom. The number of amides is 2. The van der Waals surface area contributed by atoms with E-state index in [1.807, 2.05) is 6.92 Å². The lowest BCUT2D eigenvalue weighted by atomic mass is 10.3. The van der Waals surface area contributed by atoms with E-state index in [1.165, 1.54) is 11.3 Å². The van der Waals surface area contributed by atoms with Gasteiger partial charge in [0.2, 0.25) is 5.91 Å². The van der Waals surface area contributed by atoms with Crippen molar-refractivity contribution < 1.29 is 9.59 Å². The molecule has 0 spiro atoms. The summed E-state index contributed by atoms with van der Waals surface area (Å²) in [6.07, 6.45) is 0.357. The molecule has 0 radical (unpaired) electrons. The monoisotopic (exact) mass is 268 g/mol. The van der Waals surface area contributed by atoms with E-state index in [9.17, 15) is 9.59 Å². The number of hydrogen-bond donors (Lipinski definition) is 2. The summed E-state index contributed by atoms with van der Waals surface area (Å²) in [5.41, 5.74) is 0.449. The van der Waals surface area contributed by atoms with Gasteiger partial charge in [-0.25, -0.2) is 4.98 Å². The van der Waals surface area contributed by atoms with Gasteiger partial charge in [0.25, 0.3) is 5.91 Å². The maximum atomic E-state index is 12.2. The van der Waals surface area contributed by atoms with Gasteiger partial charge in [0.05, 0.1) is 0 Å². The number of carbonyl (C=O) groups is 2. The molecule has 0 atom stereocenters.